The Morgan fingerprint density at radius 2 is 1.95 bits per heavy atom. The summed E-state index contributed by atoms with van der Waals surface area (Å²) in [5, 5.41) is 19.4. The fraction of sp³-hybridized carbons (Fsp3) is 0.0769. The van der Waals surface area contributed by atoms with Crippen molar-refractivity contribution in [1.82, 2.24) is 0 Å². The number of aliphatic carboxylic acids is 1. The van der Waals surface area contributed by atoms with E-state index in [2.05, 4.69) is 0 Å². The van der Waals surface area contributed by atoms with Crippen LogP contribution >= 0.6 is 34.3 Å². The quantitative estimate of drug-likeness (QED) is 0.750. The van der Waals surface area contributed by atoms with Crippen molar-refractivity contribution in [2.24, 2.45) is 0 Å². The molecule has 0 atom stereocenters. The molecule has 3 rings (SSSR count). The Bertz CT molecular complexity index is 880. The van der Waals surface area contributed by atoms with E-state index < -0.39 is 18.5 Å². The van der Waals surface area contributed by atoms with Crippen LogP contribution in [-0.2, 0) is 4.79 Å². The Hall–Kier alpha value is -1.83. The summed E-state index contributed by atoms with van der Waals surface area (Å²) >= 11 is 8.36. The van der Waals surface area contributed by atoms with Crippen molar-refractivity contribution < 1.29 is 24.5 Å². The van der Waals surface area contributed by atoms with Crippen molar-refractivity contribution in [3.8, 4) is 5.75 Å². The van der Waals surface area contributed by atoms with Gasteiger partial charge in [-0.3, -0.25) is 0 Å². The number of thiophene rings is 2. The molecule has 0 amide bonds. The van der Waals surface area contributed by atoms with Crippen LogP contribution in [0.2, 0.25) is 5.02 Å². The summed E-state index contributed by atoms with van der Waals surface area (Å²) in [4.78, 5) is 21.9. The van der Waals surface area contributed by atoms with Gasteiger partial charge in [-0.1, -0.05) is 17.7 Å². The van der Waals surface area contributed by atoms with Crippen LogP contribution < -0.4 is 4.74 Å². The Balaban J connectivity index is 2.25. The fourth-order valence-corrected chi connectivity index (χ4v) is 4.73. The van der Waals surface area contributed by atoms with Gasteiger partial charge >= 0.3 is 11.9 Å². The highest BCUT2D eigenvalue weighted by Crippen LogP contribution is 2.47. The normalized spacial score (nSPS) is 11.1. The number of halogens is 1. The van der Waals surface area contributed by atoms with Crippen molar-refractivity contribution in [3.05, 3.63) is 28.1 Å². The van der Waals surface area contributed by atoms with Gasteiger partial charge in [-0.2, -0.15) is 0 Å². The Labute approximate surface area is 130 Å². The topological polar surface area (TPSA) is 83.8 Å². The Morgan fingerprint density at radius 3 is 2.62 bits per heavy atom. The highest BCUT2D eigenvalue weighted by atomic mass is 35.5. The second-order valence-electron chi connectivity index (χ2n) is 4.15. The van der Waals surface area contributed by atoms with Crippen LogP contribution in [0.1, 0.15) is 9.67 Å². The number of carbonyl (C=O) groups is 2. The standard InChI is InChI=1S/C13H7ClO5S2/c14-5-1-2-6-7(3-5)20-11-9(19-4-8(15)16)12(13(17)18)21-10(6)11/h1-3H,4H2,(H,15,16)(H,17,18). The van der Waals surface area contributed by atoms with Gasteiger partial charge in [-0.05, 0) is 12.1 Å². The molecule has 0 bridgehead atoms. The van der Waals surface area contributed by atoms with Gasteiger partial charge < -0.3 is 14.9 Å². The number of rotatable bonds is 4. The van der Waals surface area contributed by atoms with Gasteiger partial charge in [0.1, 0.15) is 0 Å². The molecule has 0 aliphatic heterocycles. The summed E-state index contributed by atoms with van der Waals surface area (Å²) in [7, 11) is 0. The largest absolute Gasteiger partial charge is 0.479 e. The molecule has 0 saturated carbocycles. The molecule has 21 heavy (non-hydrogen) atoms. The number of ether oxygens (including phenoxy) is 1. The predicted octanol–water partition coefficient (Wildman–Crippen LogP) is 3.93. The molecular formula is C13H7ClO5S2. The van der Waals surface area contributed by atoms with Gasteiger partial charge in [0.25, 0.3) is 0 Å². The number of aromatic carboxylic acids is 1. The molecule has 5 nitrogen and oxygen atoms in total. The summed E-state index contributed by atoms with van der Waals surface area (Å²) < 4.78 is 7.49. The molecule has 0 unspecified atom stereocenters. The van der Waals surface area contributed by atoms with E-state index in [0.717, 1.165) is 26.1 Å². The maximum Gasteiger partial charge on any atom is 0.349 e. The fourth-order valence-electron chi connectivity index (χ4n) is 1.95. The highest BCUT2D eigenvalue weighted by molar-refractivity contribution is 7.34. The molecule has 2 N–H and O–H groups in total. The third-order valence-corrected chi connectivity index (χ3v) is 5.47. The molecule has 0 radical (unpaired) electrons. The van der Waals surface area contributed by atoms with Gasteiger partial charge in [0.2, 0.25) is 0 Å². The van der Waals surface area contributed by atoms with Crippen LogP contribution in [0.5, 0.6) is 5.75 Å². The average molecular weight is 343 g/mol. The molecule has 0 fully saturated rings. The minimum atomic E-state index is -1.16. The maximum absolute atomic E-state index is 11.3. The highest BCUT2D eigenvalue weighted by Gasteiger charge is 2.23. The minimum absolute atomic E-state index is 0.00866. The van der Waals surface area contributed by atoms with E-state index in [1.54, 1.807) is 12.1 Å². The maximum atomic E-state index is 11.3. The monoisotopic (exact) mass is 342 g/mol. The van der Waals surface area contributed by atoms with Crippen molar-refractivity contribution in [3.63, 3.8) is 0 Å². The molecule has 2 heterocycles. The third kappa shape index (κ3) is 2.44. The lowest BCUT2D eigenvalue weighted by Crippen LogP contribution is -2.10. The van der Waals surface area contributed by atoms with Crippen molar-refractivity contribution in [2.45, 2.75) is 0 Å². The molecule has 8 heteroatoms. The van der Waals surface area contributed by atoms with Crippen LogP contribution in [0, 0.1) is 0 Å². The Morgan fingerprint density at radius 1 is 1.19 bits per heavy atom. The van der Waals surface area contributed by atoms with Gasteiger partial charge in [0.15, 0.2) is 17.2 Å². The lowest BCUT2D eigenvalue weighted by molar-refractivity contribution is -0.139. The Kier molecular flexibility index (Phi) is 3.48. The molecule has 0 aliphatic rings. The first-order chi connectivity index (χ1) is 9.97. The summed E-state index contributed by atoms with van der Waals surface area (Å²) in [6.45, 7) is -0.582. The number of carboxylic acids is 2. The average Bonchev–Trinajstić information content (AvgIpc) is 2.91. The van der Waals surface area contributed by atoms with Crippen LogP contribution in [0.4, 0.5) is 0 Å². The smallest absolute Gasteiger partial charge is 0.349 e. The molecule has 0 spiro atoms. The molecule has 0 saturated heterocycles. The van der Waals surface area contributed by atoms with E-state index in [0.29, 0.717) is 9.72 Å². The number of fused-ring (bicyclic) bond motifs is 3. The summed E-state index contributed by atoms with van der Waals surface area (Å²) in [6, 6.07) is 5.34. The summed E-state index contributed by atoms with van der Waals surface area (Å²) in [5.74, 6) is -2.18. The van der Waals surface area contributed by atoms with Crippen molar-refractivity contribution in [2.75, 3.05) is 6.61 Å². The van der Waals surface area contributed by atoms with E-state index in [-0.39, 0.29) is 10.6 Å². The molecule has 2 aromatic heterocycles. The summed E-state index contributed by atoms with van der Waals surface area (Å²) in [6.07, 6.45) is 0. The first-order valence-electron chi connectivity index (χ1n) is 5.70. The third-order valence-electron chi connectivity index (χ3n) is 2.76. The number of carboxylic acid groups (broad SMARTS) is 2. The number of hydrogen-bond donors (Lipinski definition) is 2. The van der Waals surface area contributed by atoms with E-state index >= 15 is 0 Å². The van der Waals surface area contributed by atoms with Crippen LogP contribution in [-0.4, -0.2) is 28.8 Å². The molecular weight excluding hydrogens is 336 g/mol. The molecule has 108 valence electrons. The zero-order valence-corrected chi connectivity index (χ0v) is 12.6. The van der Waals surface area contributed by atoms with Gasteiger partial charge in [0.05, 0.1) is 9.40 Å². The second-order valence-corrected chi connectivity index (χ2v) is 6.66. The number of benzene rings is 1. The minimum Gasteiger partial charge on any atom is -0.479 e. The lowest BCUT2D eigenvalue weighted by atomic mass is 10.2. The van der Waals surface area contributed by atoms with E-state index in [1.807, 2.05) is 6.07 Å². The zero-order valence-electron chi connectivity index (χ0n) is 10.3. The van der Waals surface area contributed by atoms with Gasteiger partial charge in [-0.15, -0.1) is 22.7 Å². The van der Waals surface area contributed by atoms with Gasteiger partial charge in [0, 0.05) is 15.1 Å². The van der Waals surface area contributed by atoms with E-state index in [9.17, 15) is 14.7 Å². The lowest BCUT2D eigenvalue weighted by Gasteiger charge is -2.01. The van der Waals surface area contributed by atoms with Crippen LogP contribution in [0.15, 0.2) is 18.2 Å². The van der Waals surface area contributed by atoms with Crippen molar-refractivity contribution in [1.29, 1.82) is 0 Å². The molecule has 1 aromatic carbocycles. The van der Waals surface area contributed by atoms with Crippen LogP contribution in [0.3, 0.4) is 0 Å². The number of hydrogen-bond acceptors (Lipinski definition) is 5. The van der Waals surface area contributed by atoms with E-state index in [4.69, 9.17) is 21.4 Å². The molecule has 0 aliphatic carbocycles. The van der Waals surface area contributed by atoms with E-state index in [1.165, 1.54) is 11.3 Å². The first kappa shape index (κ1) is 14.1. The molecule has 3 aromatic rings. The van der Waals surface area contributed by atoms with Gasteiger partial charge in [-0.25, -0.2) is 9.59 Å². The SMILES string of the molecule is O=C(O)COc1c(C(=O)O)sc2c1sc1cc(Cl)ccc12. The zero-order chi connectivity index (χ0) is 15.1. The van der Waals surface area contributed by atoms with Crippen molar-refractivity contribution >= 4 is 65.7 Å². The predicted molar refractivity (Wildman–Crippen MR) is 82.3 cm³/mol. The first-order valence-corrected chi connectivity index (χ1v) is 7.71. The summed E-state index contributed by atoms with van der Waals surface area (Å²) in [5.41, 5.74) is 0. The second kappa shape index (κ2) is 5.18. The van der Waals surface area contributed by atoms with Crippen LogP contribution in [0.25, 0.3) is 19.5 Å².